The molecule has 2 unspecified atom stereocenters. The van der Waals surface area contributed by atoms with Crippen molar-refractivity contribution in [2.45, 2.75) is 57.7 Å². The average molecular weight is 406 g/mol. The first-order chi connectivity index (χ1) is 14.1. The van der Waals surface area contributed by atoms with Crippen LogP contribution >= 0.6 is 0 Å². The molecule has 162 valence electrons. The topological polar surface area (TPSA) is 73.3 Å². The highest BCUT2D eigenvalue weighted by Crippen LogP contribution is 2.54. The molecule has 1 aromatic rings. The van der Waals surface area contributed by atoms with Gasteiger partial charge in [0.25, 0.3) is 0 Å². The van der Waals surface area contributed by atoms with E-state index in [0.717, 1.165) is 24.6 Å². The van der Waals surface area contributed by atoms with Gasteiger partial charge >= 0.3 is 0 Å². The standard InChI is InChI=1S/C22H35N3O4/c1-6-29-19-13-18(22(19)9-7-8-10-22)25-21(23-2)24-14-15-11-16(26-3)20(28-5)17(12-15)27-4/h11-12,18-19H,6-10,13-14H2,1-5H3,(H2,23,24,25). The molecule has 0 heterocycles. The maximum Gasteiger partial charge on any atom is 0.203 e. The summed E-state index contributed by atoms with van der Waals surface area (Å²) >= 11 is 0. The summed E-state index contributed by atoms with van der Waals surface area (Å²) in [7, 11) is 6.67. The van der Waals surface area contributed by atoms with Crippen LogP contribution in [0.5, 0.6) is 17.2 Å². The summed E-state index contributed by atoms with van der Waals surface area (Å²) in [4.78, 5) is 4.44. The van der Waals surface area contributed by atoms with E-state index in [0.29, 0.717) is 35.9 Å². The number of rotatable bonds is 8. The molecule has 29 heavy (non-hydrogen) atoms. The van der Waals surface area contributed by atoms with Crippen LogP contribution in [0.1, 0.15) is 44.6 Å². The van der Waals surface area contributed by atoms with E-state index in [1.54, 1.807) is 21.3 Å². The third-order valence-electron chi connectivity index (χ3n) is 6.41. The zero-order valence-corrected chi connectivity index (χ0v) is 18.3. The molecule has 2 aliphatic rings. The van der Waals surface area contributed by atoms with E-state index in [2.05, 4.69) is 22.5 Å². The average Bonchev–Trinajstić information content (AvgIpc) is 3.27. The Bertz CT molecular complexity index is 691. The van der Waals surface area contributed by atoms with Gasteiger partial charge in [-0.3, -0.25) is 4.99 Å². The van der Waals surface area contributed by atoms with Gasteiger partial charge in [-0.05, 0) is 43.9 Å². The van der Waals surface area contributed by atoms with E-state index in [9.17, 15) is 0 Å². The van der Waals surface area contributed by atoms with Crippen molar-refractivity contribution in [2.75, 3.05) is 35.0 Å². The van der Waals surface area contributed by atoms with Crippen LogP contribution in [0.4, 0.5) is 0 Å². The predicted octanol–water partition coefficient (Wildman–Crippen LogP) is 3.12. The number of benzene rings is 1. The minimum Gasteiger partial charge on any atom is -0.493 e. The van der Waals surface area contributed by atoms with Gasteiger partial charge in [0.05, 0.1) is 27.4 Å². The molecule has 1 aromatic carbocycles. The number of aliphatic imine (C=N–C) groups is 1. The van der Waals surface area contributed by atoms with Gasteiger partial charge in [-0.1, -0.05) is 12.8 Å². The van der Waals surface area contributed by atoms with Crippen molar-refractivity contribution in [3.8, 4) is 17.2 Å². The van der Waals surface area contributed by atoms with Crippen LogP contribution in [-0.4, -0.2) is 53.1 Å². The molecule has 0 bridgehead atoms. The first kappa shape index (κ1) is 21.6. The second-order valence-corrected chi connectivity index (χ2v) is 7.78. The molecule has 0 radical (unpaired) electrons. The molecule has 2 fully saturated rings. The number of hydrogen-bond acceptors (Lipinski definition) is 5. The van der Waals surface area contributed by atoms with Crippen LogP contribution in [0.25, 0.3) is 0 Å². The quantitative estimate of drug-likeness (QED) is 0.511. The van der Waals surface area contributed by atoms with E-state index in [1.165, 1.54) is 25.7 Å². The van der Waals surface area contributed by atoms with Crippen LogP contribution in [0.3, 0.4) is 0 Å². The lowest BCUT2D eigenvalue weighted by Crippen LogP contribution is -2.65. The SMILES string of the molecule is CCOC1CC(NC(=NC)NCc2cc(OC)c(OC)c(OC)c2)C12CCCC2. The zero-order valence-electron chi connectivity index (χ0n) is 18.3. The second-order valence-electron chi connectivity index (χ2n) is 7.78. The first-order valence-corrected chi connectivity index (χ1v) is 10.5. The van der Waals surface area contributed by atoms with Crippen LogP contribution in [0.15, 0.2) is 17.1 Å². The third-order valence-corrected chi connectivity index (χ3v) is 6.41. The Morgan fingerprint density at radius 3 is 2.28 bits per heavy atom. The van der Waals surface area contributed by atoms with Crippen molar-refractivity contribution < 1.29 is 18.9 Å². The Morgan fingerprint density at radius 2 is 1.76 bits per heavy atom. The van der Waals surface area contributed by atoms with E-state index in [-0.39, 0.29) is 5.41 Å². The highest BCUT2D eigenvalue weighted by molar-refractivity contribution is 5.80. The fourth-order valence-corrected chi connectivity index (χ4v) is 4.87. The highest BCUT2D eigenvalue weighted by Gasteiger charge is 2.56. The number of hydrogen-bond donors (Lipinski definition) is 2. The van der Waals surface area contributed by atoms with Crippen molar-refractivity contribution in [3.05, 3.63) is 17.7 Å². The lowest BCUT2D eigenvalue weighted by atomic mass is 9.60. The largest absolute Gasteiger partial charge is 0.493 e. The van der Waals surface area contributed by atoms with Crippen molar-refractivity contribution >= 4 is 5.96 Å². The highest BCUT2D eigenvalue weighted by atomic mass is 16.5. The molecular formula is C22H35N3O4. The minimum absolute atomic E-state index is 0.264. The molecule has 2 saturated carbocycles. The van der Waals surface area contributed by atoms with Gasteiger partial charge in [-0.25, -0.2) is 0 Å². The number of ether oxygens (including phenoxy) is 4. The molecular weight excluding hydrogens is 370 g/mol. The fourth-order valence-electron chi connectivity index (χ4n) is 4.87. The Labute approximate surface area is 174 Å². The van der Waals surface area contributed by atoms with Crippen molar-refractivity contribution in [3.63, 3.8) is 0 Å². The van der Waals surface area contributed by atoms with E-state index in [1.807, 2.05) is 19.2 Å². The summed E-state index contributed by atoms with van der Waals surface area (Å²) in [6.45, 7) is 3.47. The van der Waals surface area contributed by atoms with E-state index in [4.69, 9.17) is 18.9 Å². The van der Waals surface area contributed by atoms with Crippen LogP contribution in [-0.2, 0) is 11.3 Å². The normalized spacial score (nSPS) is 22.9. The number of guanidine groups is 1. The molecule has 0 aliphatic heterocycles. The zero-order chi connectivity index (χ0) is 20.9. The van der Waals surface area contributed by atoms with Gasteiger partial charge < -0.3 is 29.6 Å². The van der Waals surface area contributed by atoms with Gasteiger partial charge in [0, 0.05) is 31.7 Å². The van der Waals surface area contributed by atoms with Gasteiger partial charge in [-0.15, -0.1) is 0 Å². The smallest absolute Gasteiger partial charge is 0.203 e. The molecule has 0 amide bonds. The molecule has 7 nitrogen and oxygen atoms in total. The maximum atomic E-state index is 6.02. The molecule has 1 spiro atoms. The first-order valence-electron chi connectivity index (χ1n) is 10.5. The monoisotopic (exact) mass is 405 g/mol. The number of nitrogens with zero attached hydrogens (tertiary/aromatic N) is 1. The summed E-state index contributed by atoms with van der Waals surface area (Å²) in [5, 5.41) is 7.07. The molecule has 0 saturated heterocycles. The lowest BCUT2D eigenvalue weighted by molar-refractivity contribution is -0.125. The third kappa shape index (κ3) is 4.25. The number of methoxy groups -OCH3 is 3. The minimum atomic E-state index is 0.264. The summed E-state index contributed by atoms with van der Waals surface area (Å²) < 4.78 is 22.3. The van der Waals surface area contributed by atoms with E-state index >= 15 is 0 Å². The molecule has 2 N–H and O–H groups in total. The Hall–Kier alpha value is -2.15. The second kappa shape index (κ2) is 9.57. The molecule has 2 atom stereocenters. The Balaban J connectivity index is 1.64. The maximum absolute atomic E-state index is 6.02. The summed E-state index contributed by atoms with van der Waals surface area (Å²) in [5.74, 6) is 2.70. The Morgan fingerprint density at radius 1 is 1.10 bits per heavy atom. The molecule has 2 aliphatic carbocycles. The summed E-state index contributed by atoms with van der Waals surface area (Å²) in [6.07, 6.45) is 6.47. The van der Waals surface area contributed by atoms with Crippen molar-refractivity contribution in [1.29, 1.82) is 0 Å². The van der Waals surface area contributed by atoms with Crippen LogP contribution < -0.4 is 24.8 Å². The van der Waals surface area contributed by atoms with Crippen molar-refractivity contribution in [2.24, 2.45) is 10.4 Å². The summed E-state index contributed by atoms with van der Waals surface area (Å²) in [5.41, 5.74) is 1.29. The summed E-state index contributed by atoms with van der Waals surface area (Å²) in [6, 6.07) is 4.32. The molecule has 7 heteroatoms. The lowest BCUT2D eigenvalue weighted by Gasteiger charge is -2.54. The number of nitrogens with one attached hydrogen (secondary N) is 2. The Kier molecular flexibility index (Phi) is 7.11. The van der Waals surface area contributed by atoms with Crippen LogP contribution in [0.2, 0.25) is 0 Å². The fraction of sp³-hybridized carbons (Fsp3) is 0.682. The van der Waals surface area contributed by atoms with Gasteiger partial charge in [0.15, 0.2) is 17.5 Å². The van der Waals surface area contributed by atoms with Gasteiger partial charge in [-0.2, -0.15) is 0 Å². The van der Waals surface area contributed by atoms with Gasteiger partial charge in [0.2, 0.25) is 5.75 Å². The van der Waals surface area contributed by atoms with E-state index < -0.39 is 0 Å². The van der Waals surface area contributed by atoms with Gasteiger partial charge in [0.1, 0.15) is 0 Å². The van der Waals surface area contributed by atoms with Crippen LogP contribution in [0, 0.1) is 5.41 Å². The van der Waals surface area contributed by atoms with Crippen molar-refractivity contribution in [1.82, 2.24) is 10.6 Å². The molecule has 0 aromatic heterocycles. The molecule has 3 rings (SSSR count). The predicted molar refractivity (Wildman–Crippen MR) is 114 cm³/mol.